The molecule has 21 heavy (non-hydrogen) atoms. The fraction of sp³-hybridized carbons (Fsp3) is 0.500. The van der Waals surface area contributed by atoms with Crippen molar-refractivity contribution in [3.8, 4) is 11.8 Å². The molecule has 0 saturated heterocycles. The summed E-state index contributed by atoms with van der Waals surface area (Å²) >= 11 is 0. The van der Waals surface area contributed by atoms with E-state index in [0.29, 0.717) is 17.9 Å². The minimum atomic E-state index is -0.184. The molecule has 5 heteroatoms. The molecule has 1 amide bonds. The van der Waals surface area contributed by atoms with Crippen LogP contribution in [0.1, 0.15) is 32.3 Å². The van der Waals surface area contributed by atoms with Gasteiger partial charge in [0, 0.05) is 13.2 Å². The summed E-state index contributed by atoms with van der Waals surface area (Å²) in [6.07, 6.45) is 1.57. The van der Waals surface area contributed by atoms with Gasteiger partial charge in [-0.05, 0) is 42.5 Å². The molecule has 0 unspecified atom stereocenters. The average Bonchev–Trinajstić information content (AvgIpc) is 2.49. The summed E-state index contributed by atoms with van der Waals surface area (Å²) in [5.74, 6) is 0.375. The molecule has 5 nitrogen and oxygen atoms in total. The summed E-state index contributed by atoms with van der Waals surface area (Å²) < 4.78 is 5.35. The highest BCUT2D eigenvalue weighted by atomic mass is 16.5. The summed E-state index contributed by atoms with van der Waals surface area (Å²) in [4.78, 5) is 11.7. The van der Waals surface area contributed by atoms with E-state index in [-0.39, 0.29) is 24.5 Å². The van der Waals surface area contributed by atoms with Gasteiger partial charge in [0.15, 0.2) is 6.61 Å². The maximum absolute atomic E-state index is 11.7. The molecule has 2 N–H and O–H groups in total. The molecule has 0 saturated carbocycles. The average molecular weight is 290 g/mol. The lowest BCUT2D eigenvalue weighted by atomic mass is 9.88. The summed E-state index contributed by atoms with van der Waals surface area (Å²) in [7, 11) is 0. The first-order valence-electron chi connectivity index (χ1n) is 6.97. The van der Waals surface area contributed by atoms with Crippen LogP contribution in [-0.2, 0) is 4.79 Å². The first-order valence-corrected chi connectivity index (χ1v) is 6.97. The Morgan fingerprint density at radius 1 is 1.38 bits per heavy atom. The van der Waals surface area contributed by atoms with E-state index in [2.05, 4.69) is 5.32 Å². The minimum Gasteiger partial charge on any atom is -0.484 e. The third-order valence-electron chi connectivity index (χ3n) is 3.13. The Hall–Kier alpha value is -2.06. The highest BCUT2D eigenvalue weighted by molar-refractivity contribution is 5.77. The van der Waals surface area contributed by atoms with Crippen LogP contribution in [-0.4, -0.2) is 30.8 Å². The van der Waals surface area contributed by atoms with Gasteiger partial charge in [-0.2, -0.15) is 5.26 Å². The van der Waals surface area contributed by atoms with Crippen LogP contribution in [0, 0.1) is 16.7 Å². The standard InChI is InChI=1S/C16H22N2O3/c1-16(2,8-3-9-19)12-18-15(20)11-21-14-6-4-13(10-17)5-7-14/h4-7,19H,3,8-9,11-12H2,1-2H3,(H,18,20). The number of hydrogen-bond acceptors (Lipinski definition) is 4. The van der Waals surface area contributed by atoms with Crippen LogP contribution in [0.15, 0.2) is 24.3 Å². The van der Waals surface area contributed by atoms with E-state index in [9.17, 15) is 4.79 Å². The topological polar surface area (TPSA) is 82.3 Å². The van der Waals surface area contributed by atoms with Crippen LogP contribution in [0.2, 0.25) is 0 Å². The van der Waals surface area contributed by atoms with Crippen LogP contribution >= 0.6 is 0 Å². The van der Waals surface area contributed by atoms with Crippen molar-refractivity contribution in [2.45, 2.75) is 26.7 Å². The molecule has 0 bridgehead atoms. The monoisotopic (exact) mass is 290 g/mol. The van der Waals surface area contributed by atoms with Crippen LogP contribution in [0.25, 0.3) is 0 Å². The van der Waals surface area contributed by atoms with Crippen molar-refractivity contribution in [3.63, 3.8) is 0 Å². The lowest BCUT2D eigenvalue weighted by molar-refractivity contribution is -0.123. The quantitative estimate of drug-likeness (QED) is 0.765. The van der Waals surface area contributed by atoms with E-state index < -0.39 is 0 Å². The highest BCUT2D eigenvalue weighted by Crippen LogP contribution is 2.20. The third-order valence-corrected chi connectivity index (χ3v) is 3.13. The predicted octanol–water partition coefficient (Wildman–Crippen LogP) is 1.85. The number of carbonyl (C=O) groups excluding carboxylic acids is 1. The second-order valence-electron chi connectivity index (χ2n) is 5.69. The maximum Gasteiger partial charge on any atom is 0.257 e. The summed E-state index contributed by atoms with van der Waals surface area (Å²) in [6, 6.07) is 8.64. The molecule has 0 atom stereocenters. The van der Waals surface area contributed by atoms with Crippen molar-refractivity contribution in [2.24, 2.45) is 5.41 Å². The van der Waals surface area contributed by atoms with Gasteiger partial charge in [-0.15, -0.1) is 0 Å². The number of nitriles is 1. The van der Waals surface area contributed by atoms with Crippen molar-refractivity contribution in [3.05, 3.63) is 29.8 Å². The zero-order valence-electron chi connectivity index (χ0n) is 12.6. The largest absolute Gasteiger partial charge is 0.484 e. The summed E-state index contributed by atoms with van der Waals surface area (Å²) in [5.41, 5.74) is 0.504. The fourth-order valence-electron chi connectivity index (χ4n) is 1.81. The van der Waals surface area contributed by atoms with Crippen LogP contribution in [0.5, 0.6) is 5.75 Å². The van der Waals surface area contributed by atoms with Gasteiger partial charge in [-0.1, -0.05) is 13.8 Å². The molecular formula is C16H22N2O3. The number of benzene rings is 1. The molecule has 0 fully saturated rings. The SMILES string of the molecule is CC(C)(CCCO)CNC(=O)COc1ccc(C#N)cc1. The number of aliphatic hydroxyl groups is 1. The number of ether oxygens (including phenoxy) is 1. The van der Waals surface area contributed by atoms with Gasteiger partial charge in [0.05, 0.1) is 11.6 Å². The lowest BCUT2D eigenvalue weighted by Gasteiger charge is -2.24. The van der Waals surface area contributed by atoms with Crippen molar-refractivity contribution in [1.29, 1.82) is 5.26 Å². The first-order chi connectivity index (χ1) is 9.96. The third kappa shape index (κ3) is 6.77. The number of nitrogens with one attached hydrogen (secondary N) is 1. The van der Waals surface area contributed by atoms with E-state index in [0.717, 1.165) is 12.8 Å². The van der Waals surface area contributed by atoms with Gasteiger partial charge < -0.3 is 15.2 Å². The molecule has 114 valence electrons. The number of amides is 1. The van der Waals surface area contributed by atoms with Crippen molar-refractivity contribution >= 4 is 5.91 Å². The van der Waals surface area contributed by atoms with Gasteiger partial charge >= 0.3 is 0 Å². The Balaban J connectivity index is 2.32. The number of rotatable bonds is 8. The second-order valence-corrected chi connectivity index (χ2v) is 5.69. The van der Waals surface area contributed by atoms with Crippen molar-refractivity contribution in [1.82, 2.24) is 5.32 Å². The van der Waals surface area contributed by atoms with E-state index in [1.54, 1.807) is 24.3 Å². The Labute approximate surface area is 125 Å². The van der Waals surface area contributed by atoms with Crippen molar-refractivity contribution < 1.29 is 14.6 Å². The van der Waals surface area contributed by atoms with Crippen molar-refractivity contribution in [2.75, 3.05) is 19.8 Å². The molecule has 0 aliphatic rings. The van der Waals surface area contributed by atoms with Gasteiger partial charge in [0.1, 0.15) is 5.75 Å². The van der Waals surface area contributed by atoms with E-state index in [1.165, 1.54) is 0 Å². The number of aliphatic hydroxyl groups excluding tert-OH is 1. The molecule has 0 spiro atoms. The molecule has 1 aromatic rings. The minimum absolute atomic E-state index is 0.0488. The summed E-state index contributed by atoms with van der Waals surface area (Å²) in [6.45, 7) is 4.75. The van der Waals surface area contributed by atoms with E-state index >= 15 is 0 Å². The highest BCUT2D eigenvalue weighted by Gasteiger charge is 2.18. The van der Waals surface area contributed by atoms with Gasteiger partial charge in [0.2, 0.25) is 0 Å². The molecule has 1 aromatic carbocycles. The number of hydrogen-bond donors (Lipinski definition) is 2. The Morgan fingerprint density at radius 3 is 2.62 bits per heavy atom. The molecule has 0 aliphatic carbocycles. The Morgan fingerprint density at radius 2 is 2.05 bits per heavy atom. The van der Waals surface area contributed by atoms with Gasteiger partial charge in [-0.3, -0.25) is 4.79 Å². The first kappa shape index (κ1) is 17.0. The summed E-state index contributed by atoms with van der Waals surface area (Å²) in [5, 5.41) is 20.3. The molecule has 0 aliphatic heterocycles. The lowest BCUT2D eigenvalue weighted by Crippen LogP contribution is -2.36. The second kappa shape index (κ2) is 8.28. The molecule has 0 radical (unpaired) electrons. The predicted molar refractivity (Wildman–Crippen MR) is 79.8 cm³/mol. The number of nitrogens with zero attached hydrogens (tertiary/aromatic N) is 1. The Kier molecular flexibility index (Phi) is 6.70. The molecular weight excluding hydrogens is 268 g/mol. The Bertz CT molecular complexity index is 489. The fourth-order valence-corrected chi connectivity index (χ4v) is 1.81. The van der Waals surface area contributed by atoms with Crippen LogP contribution in [0.4, 0.5) is 0 Å². The maximum atomic E-state index is 11.7. The zero-order chi connectivity index (χ0) is 15.7. The molecule has 1 rings (SSSR count). The van der Waals surface area contributed by atoms with E-state index in [4.69, 9.17) is 15.1 Å². The van der Waals surface area contributed by atoms with Gasteiger partial charge in [-0.25, -0.2) is 0 Å². The van der Waals surface area contributed by atoms with Gasteiger partial charge in [0.25, 0.3) is 5.91 Å². The molecule has 0 heterocycles. The molecule has 0 aromatic heterocycles. The van der Waals surface area contributed by atoms with E-state index in [1.807, 2.05) is 19.9 Å². The van der Waals surface area contributed by atoms with Crippen LogP contribution in [0.3, 0.4) is 0 Å². The van der Waals surface area contributed by atoms with Crippen LogP contribution < -0.4 is 10.1 Å². The normalized spacial score (nSPS) is 10.8. The zero-order valence-corrected chi connectivity index (χ0v) is 12.6. The smallest absolute Gasteiger partial charge is 0.257 e. The number of carbonyl (C=O) groups is 1.